The summed E-state index contributed by atoms with van der Waals surface area (Å²) in [6.07, 6.45) is 3.03. The van der Waals surface area contributed by atoms with Crippen molar-refractivity contribution in [3.8, 4) is 11.5 Å². The topological polar surface area (TPSA) is 140 Å². The molecule has 3 amide bonds. The molecule has 3 N–H and O–H groups in total. The molecule has 11 heteroatoms. The van der Waals surface area contributed by atoms with Crippen LogP contribution in [0.15, 0.2) is 59.0 Å². The molecular formula is C22H23N5O6. The fraction of sp³-hybridized carbons (Fsp3) is 0.227. The maximum absolute atomic E-state index is 12.3. The molecule has 0 saturated carbocycles. The van der Waals surface area contributed by atoms with Crippen molar-refractivity contribution in [3.63, 3.8) is 0 Å². The van der Waals surface area contributed by atoms with Crippen LogP contribution in [0.4, 0.5) is 4.79 Å². The summed E-state index contributed by atoms with van der Waals surface area (Å²) < 4.78 is 15.8. The second-order valence-corrected chi connectivity index (χ2v) is 6.81. The Morgan fingerprint density at radius 2 is 2.03 bits per heavy atom. The summed E-state index contributed by atoms with van der Waals surface area (Å²) in [5.41, 5.74) is 4.16. The van der Waals surface area contributed by atoms with E-state index in [-0.39, 0.29) is 12.2 Å². The first-order valence-corrected chi connectivity index (χ1v) is 9.83. The van der Waals surface area contributed by atoms with Crippen molar-refractivity contribution in [1.82, 2.24) is 21.0 Å². The lowest BCUT2D eigenvalue weighted by molar-refractivity contribution is -0.136. The van der Waals surface area contributed by atoms with Crippen LogP contribution < -0.4 is 25.5 Å². The molecule has 0 fully saturated rings. The lowest BCUT2D eigenvalue weighted by Gasteiger charge is -2.28. The van der Waals surface area contributed by atoms with Crippen LogP contribution in [0.2, 0.25) is 0 Å². The number of carbonyl (C=O) groups is 3. The Bertz CT molecular complexity index is 1100. The van der Waals surface area contributed by atoms with Gasteiger partial charge in [0.1, 0.15) is 0 Å². The summed E-state index contributed by atoms with van der Waals surface area (Å²) in [6.45, 7) is 1.30. The van der Waals surface area contributed by atoms with E-state index in [4.69, 9.17) is 14.2 Å². The number of nitrogens with one attached hydrogen (secondary N) is 3. The van der Waals surface area contributed by atoms with Crippen LogP contribution >= 0.6 is 0 Å². The number of allylic oxidation sites excluding steroid dienone is 1. The number of hydrazone groups is 1. The van der Waals surface area contributed by atoms with Crippen molar-refractivity contribution < 1.29 is 28.6 Å². The molecule has 33 heavy (non-hydrogen) atoms. The van der Waals surface area contributed by atoms with Gasteiger partial charge in [-0.2, -0.15) is 5.10 Å². The Balaban J connectivity index is 1.70. The number of urea groups is 1. The van der Waals surface area contributed by atoms with Gasteiger partial charge in [-0.15, -0.1) is 0 Å². The highest BCUT2D eigenvalue weighted by atomic mass is 16.5. The van der Waals surface area contributed by atoms with Crippen LogP contribution in [-0.2, 0) is 14.3 Å². The van der Waals surface area contributed by atoms with E-state index in [1.165, 1.54) is 20.4 Å². The molecule has 1 atom stereocenters. The largest absolute Gasteiger partial charge is 0.493 e. The molecule has 0 aliphatic carbocycles. The summed E-state index contributed by atoms with van der Waals surface area (Å²) in [5.74, 6) is -0.449. The molecular weight excluding hydrogens is 430 g/mol. The number of amides is 3. The van der Waals surface area contributed by atoms with Crippen molar-refractivity contribution in [2.45, 2.75) is 13.0 Å². The van der Waals surface area contributed by atoms with E-state index >= 15 is 0 Å². The van der Waals surface area contributed by atoms with Gasteiger partial charge in [0.2, 0.25) is 0 Å². The smallest absolute Gasteiger partial charge is 0.337 e. The zero-order chi connectivity index (χ0) is 23.8. The van der Waals surface area contributed by atoms with Gasteiger partial charge < -0.3 is 24.8 Å². The highest BCUT2D eigenvalue weighted by Crippen LogP contribution is 2.34. The molecule has 1 aliphatic rings. The number of hydrogen-bond acceptors (Lipinski definition) is 8. The third-order valence-corrected chi connectivity index (χ3v) is 4.63. The van der Waals surface area contributed by atoms with E-state index in [1.54, 1.807) is 49.5 Å². The first-order valence-electron chi connectivity index (χ1n) is 9.83. The van der Waals surface area contributed by atoms with Crippen molar-refractivity contribution >= 4 is 24.1 Å². The minimum absolute atomic E-state index is 0.262. The van der Waals surface area contributed by atoms with Crippen LogP contribution in [-0.4, -0.2) is 49.9 Å². The molecule has 0 radical (unpaired) electrons. The van der Waals surface area contributed by atoms with Gasteiger partial charge >= 0.3 is 12.0 Å². The third-order valence-electron chi connectivity index (χ3n) is 4.63. The molecule has 1 aromatic carbocycles. The van der Waals surface area contributed by atoms with Crippen LogP contribution in [0.5, 0.6) is 11.5 Å². The predicted molar refractivity (Wildman–Crippen MR) is 118 cm³/mol. The van der Waals surface area contributed by atoms with Gasteiger partial charge in [0, 0.05) is 11.9 Å². The van der Waals surface area contributed by atoms with E-state index in [0.29, 0.717) is 28.5 Å². The number of carbonyl (C=O) groups excluding carboxylic acids is 3. The van der Waals surface area contributed by atoms with E-state index in [0.717, 1.165) is 0 Å². The summed E-state index contributed by atoms with van der Waals surface area (Å²) in [7, 11) is 2.70. The molecule has 2 aromatic rings. The van der Waals surface area contributed by atoms with Crippen molar-refractivity contribution in [1.29, 1.82) is 0 Å². The first kappa shape index (κ1) is 23.3. The van der Waals surface area contributed by atoms with Gasteiger partial charge in [-0.3, -0.25) is 9.78 Å². The lowest BCUT2D eigenvalue weighted by atomic mass is 9.95. The number of esters is 1. The standard InChI is InChI=1S/C22H23N5O6/c1-13-19(21(29)32-3)20(26-22(30)25-13)14-7-8-16(17(10-14)31-2)33-12-18(28)27-24-11-15-6-4-5-9-23-15/h4-11,20H,12H2,1-3H3,(H,27,28)(H2,25,26,30)/b24-11-/t20-/m0/s1. The van der Waals surface area contributed by atoms with Crippen LogP contribution in [0.3, 0.4) is 0 Å². The predicted octanol–water partition coefficient (Wildman–Crippen LogP) is 1.42. The average molecular weight is 453 g/mol. The van der Waals surface area contributed by atoms with E-state index in [1.807, 2.05) is 0 Å². The number of ether oxygens (including phenoxy) is 3. The van der Waals surface area contributed by atoms with Gasteiger partial charge in [0.05, 0.1) is 37.7 Å². The van der Waals surface area contributed by atoms with E-state index in [9.17, 15) is 14.4 Å². The first-order chi connectivity index (χ1) is 15.9. The number of methoxy groups -OCH3 is 2. The molecule has 0 bridgehead atoms. The number of pyridine rings is 1. The second kappa shape index (κ2) is 10.8. The number of hydrogen-bond donors (Lipinski definition) is 3. The summed E-state index contributed by atoms with van der Waals surface area (Å²) >= 11 is 0. The van der Waals surface area contributed by atoms with Crippen LogP contribution in [0.1, 0.15) is 24.2 Å². The quantitative estimate of drug-likeness (QED) is 0.312. The Labute approximate surface area is 189 Å². The summed E-state index contributed by atoms with van der Waals surface area (Å²) in [5, 5.41) is 9.08. The Morgan fingerprint density at radius 3 is 2.73 bits per heavy atom. The Kier molecular flexibility index (Phi) is 7.58. The zero-order valence-corrected chi connectivity index (χ0v) is 18.2. The van der Waals surface area contributed by atoms with E-state index < -0.39 is 23.9 Å². The van der Waals surface area contributed by atoms with Gasteiger partial charge in [-0.25, -0.2) is 15.0 Å². The maximum atomic E-state index is 12.3. The van der Waals surface area contributed by atoms with Crippen molar-refractivity contribution in [2.75, 3.05) is 20.8 Å². The molecule has 0 saturated heterocycles. The summed E-state index contributed by atoms with van der Waals surface area (Å²) in [4.78, 5) is 40.3. The van der Waals surface area contributed by atoms with Gasteiger partial charge in [0.15, 0.2) is 18.1 Å². The zero-order valence-electron chi connectivity index (χ0n) is 18.2. The van der Waals surface area contributed by atoms with Crippen molar-refractivity contribution in [3.05, 3.63) is 65.1 Å². The highest BCUT2D eigenvalue weighted by molar-refractivity contribution is 5.95. The minimum atomic E-state index is -0.751. The molecule has 172 valence electrons. The average Bonchev–Trinajstić information content (AvgIpc) is 2.82. The molecule has 2 heterocycles. The minimum Gasteiger partial charge on any atom is -0.493 e. The van der Waals surface area contributed by atoms with Gasteiger partial charge in [-0.05, 0) is 36.8 Å². The van der Waals surface area contributed by atoms with E-state index in [2.05, 4.69) is 26.1 Å². The third kappa shape index (κ3) is 5.85. The fourth-order valence-corrected chi connectivity index (χ4v) is 3.11. The number of benzene rings is 1. The molecule has 0 unspecified atom stereocenters. The van der Waals surface area contributed by atoms with Crippen LogP contribution in [0.25, 0.3) is 0 Å². The molecule has 3 rings (SSSR count). The maximum Gasteiger partial charge on any atom is 0.337 e. The number of rotatable bonds is 8. The Hall–Kier alpha value is -4.41. The number of nitrogens with zero attached hydrogens (tertiary/aromatic N) is 2. The normalized spacial score (nSPS) is 15.5. The molecule has 1 aromatic heterocycles. The Morgan fingerprint density at radius 1 is 1.21 bits per heavy atom. The SMILES string of the molecule is COC(=O)C1=C(C)NC(=O)N[C@H]1c1ccc(OCC(=O)N/N=C\c2ccccn2)c(OC)c1. The second-order valence-electron chi connectivity index (χ2n) is 6.81. The highest BCUT2D eigenvalue weighted by Gasteiger charge is 2.32. The fourth-order valence-electron chi connectivity index (χ4n) is 3.11. The van der Waals surface area contributed by atoms with Crippen molar-refractivity contribution in [2.24, 2.45) is 5.10 Å². The number of aromatic nitrogens is 1. The molecule has 1 aliphatic heterocycles. The van der Waals surface area contributed by atoms with Crippen LogP contribution in [0, 0.1) is 0 Å². The van der Waals surface area contributed by atoms with Gasteiger partial charge in [-0.1, -0.05) is 12.1 Å². The molecule has 0 spiro atoms. The lowest BCUT2D eigenvalue weighted by Crippen LogP contribution is -2.45. The van der Waals surface area contributed by atoms with Gasteiger partial charge in [0.25, 0.3) is 5.91 Å². The molecule has 11 nitrogen and oxygen atoms in total. The summed E-state index contributed by atoms with van der Waals surface area (Å²) in [6, 6.07) is 8.96. The monoisotopic (exact) mass is 453 g/mol.